The summed E-state index contributed by atoms with van der Waals surface area (Å²) in [6, 6.07) is -0.617. The normalized spacial score (nSPS) is 18.2. The molecule has 18 heavy (non-hydrogen) atoms. The van der Waals surface area contributed by atoms with Gasteiger partial charge in [0.15, 0.2) is 0 Å². The van der Waals surface area contributed by atoms with Crippen molar-refractivity contribution in [1.29, 1.82) is 0 Å². The SMILES string of the molecule is COC(=O)[C@H](NC(=O)NC1CCCCC1)C(C)C. The molecular formula is C13H24N2O3. The fourth-order valence-electron chi connectivity index (χ4n) is 2.24. The first-order valence-corrected chi connectivity index (χ1v) is 6.69. The summed E-state index contributed by atoms with van der Waals surface area (Å²) in [4.78, 5) is 23.3. The molecule has 5 heteroatoms. The largest absolute Gasteiger partial charge is 0.467 e. The zero-order chi connectivity index (χ0) is 13.5. The van der Waals surface area contributed by atoms with Gasteiger partial charge in [-0.25, -0.2) is 9.59 Å². The first-order valence-electron chi connectivity index (χ1n) is 6.69. The van der Waals surface area contributed by atoms with E-state index in [0.717, 1.165) is 25.7 Å². The summed E-state index contributed by atoms with van der Waals surface area (Å²) < 4.78 is 4.68. The minimum atomic E-state index is -0.585. The lowest BCUT2D eigenvalue weighted by atomic mass is 9.96. The summed E-state index contributed by atoms with van der Waals surface area (Å²) in [7, 11) is 1.33. The predicted octanol–water partition coefficient (Wildman–Crippen LogP) is 1.82. The number of hydrogen-bond donors (Lipinski definition) is 2. The van der Waals surface area contributed by atoms with Gasteiger partial charge in [0.25, 0.3) is 0 Å². The Kier molecular flexibility index (Phi) is 5.95. The topological polar surface area (TPSA) is 67.4 Å². The number of nitrogens with one attached hydrogen (secondary N) is 2. The quantitative estimate of drug-likeness (QED) is 0.754. The van der Waals surface area contributed by atoms with Crippen LogP contribution < -0.4 is 10.6 Å². The minimum absolute atomic E-state index is 0.00885. The van der Waals surface area contributed by atoms with Crippen molar-refractivity contribution >= 4 is 12.0 Å². The first kappa shape index (κ1) is 14.8. The molecule has 2 N–H and O–H groups in total. The second-order valence-corrected chi connectivity index (χ2v) is 5.20. The van der Waals surface area contributed by atoms with Gasteiger partial charge in [-0.3, -0.25) is 0 Å². The first-order chi connectivity index (χ1) is 8.54. The van der Waals surface area contributed by atoms with Crippen LogP contribution in [0.15, 0.2) is 0 Å². The number of esters is 1. The lowest BCUT2D eigenvalue weighted by molar-refractivity contribution is -0.143. The molecule has 1 atom stereocenters. The van der Waals surface area contributed by atoms with Crippen LogP contribution >= 0.6 is 0 Å². The van der Waals surface area contributed by atoms with Crippen molar-refractivity contribution in [3.8, 4) is 0 Å². The predicted molar refractivity (Wildman–Crippen MR) is 69.2 cm³/mol. The van der Waals surface area contributed by atoms with Gasteiger partial charge in [-0.1, -0.05) is 33.1 Å². The molecule has 0 bridgehead atoms. The third kappa shape index (κ3) is 4.55. The zero-order valence-electron chi connectivity index (χ0n) is 11.5. The van der Waals surface area contributed by atoms with Gasteiger partial charge in [-0.15, -0.1) is 0 Å². The van der Waals surface area contributed by atoms with Crippen LogP contribution in [0.3, 0.4) is 0 Å². The smallest absolute Gasteiger partial charge is 0.328 e. The third-order valence-electron chi connectivity index (χ3n) is 3.35. The fourth-order valence-corrected chi connectivity index (χ4v) is 2.24. The second-order valence-electron chi connectivity index (χ2n) is 5.20. The van der Waals surface area contributed by atoms with Gasteiger partial charge in [0, 0.05) is 6.04 Å². The van der Waals surface area contributed by atoms with Gasteiger partial charge >= 0.3 is 12.0 Å². The van der Waals surface area contributed by atoms with E-state index in [0.29, 0.717) is 0 Å². The standard InChI is InChI=1S/C13H24N2O3/c1-9(2)11(12(16)18-3)15-13(17)14-10-7-5-4-6-8-10/h9-11H,4-8H2,1-3H3,(H2,14,15,17)/t11-/m1/s1. The van der Waals surface area contributed by atoms with Crippen molar-refractivity contribution < 1.29 is 14.3 Å². The van der Waals surface area contributed by atoms with Crippen LogP contribution in [0, 0.1) is 5.92 Å². The molecule has 0 aliphatic heterocycles. The second kappa shape index (κ2) is 7.24. The van der Waals surface area contributed by atoms with Crippen molar-refractivity contribution in [1.82, 2.24) is 10.6 Å². The van der Waals surface area contributed by atoms with E-state index in [1.807, 2.05) is 13.8 Å². The van der Waals surface area contributed by atoms with Crippen molar-refractivity contribution in [2.75, 3.05) is 7.11 Å². The molecule has 0 unspecified atom stereocenters. The number of rotatable bonds is 4. The van der Waals surface area contributed by atoms with E-state index in [-0.39, 0.29) is 18.0 Å². The van der Waals surface area contributed by atoms with E-state index in [1.54, 1.807) is 0 Å². The molecule has 1 aliphatic rings. The van der Waals surface area contributed by atoms with Gasteiger partial charge in [0.05, 0.1) is 7.11 Å². The highest BCUT2D eigenvalue weighted by Crippen LogP contribution is 2.17. The molecule has 1 aliphatic carbocycles. The van der Waals surface area contributed by atoms with Crippen molar-refractivity contribution in [2.45, 2.75) is 58.0 Å². The number of carbonyl (C=O) groups excluding carboxylic acids is 2. The van der Waals surface area contributed by atoms with Crippen LogP contribution in [0.2, 0.25) is 0 Å². The molecule has 1 fully saturated rings. The summed E-state index contributed by atoms with van der Waals surface area (Å²) >= 11 is 0. The molecule has 0 aromatic heterocycles. The van der Waals surface area contributed by atoms with E-state index in [9.17, 15) is 9.59 Å². The van der Waals surface area contributed by atoms with Crippen molar-refractivity contribution in [3.63, 3.8) is 0 Å². The van der Waals surface area contributed by atoms with Crippen LogP contribution in [0.5, 0.6) is 0 Å². The summed E-state index contributed by atoms with van der Waals surface area (Å²) in [5, 5.41) is 5.62. The Morgan fingerprint density at radius 3 is 2.28 bits per heavy atom. The lowest BCUT2D eigenvalue weighted by Gasteiger charge is -2.25. The van der Waals surface area contributed by atoms with Crippen LogP contribution in [0.25, 0.3) is 0 Å². The number of urea groups is 1. The molecule has 0 saturated heterocycles. The summed E-state index contributed by atoms with van der Waals surface area (Å²) in [5.41, 5.74) is 0. The Morgan fingerprint density at radius 1 is 1.17 bits per heavy atom. The van der Waals surface area contributed by atoms with Gasteiger partial charge in [0.1, 0.15) is 6.04 Å². The monoisotopic (exact) mass is 256 g/mol. The van der Waals surface area contributed by atoms with Crippen LogP contribution in [0.1, 0.15) is 46.0 Å². The maximum absolute atomic E-state index is 11.8. The highest BCUT2D eigenvalue weighted by Gasteiger charge is 2.25. The van der Waals surface area contributed by atoms with Gasteiger partial charge in [-0.05, 0) is 18.8 Å². The van der Waals surface area contributed by atoms with Crippen molar-refractivity contribution in [2.24, 2.45) is 5.92 Å². The molecule has 2 amide bonds. The molecule has 0 radical (unpaired) electrons. The fraction of sp³-hybridized carbons (Fsp3) is 0.846. The molecule has 104 valence electrons. The maximum Gasteiger partial charge on any atom is 0.328 e. The van der Waals surface area contributed by atoms with Gasteiger partial charge in [-0.2, -0.15) is 0 Å². The molecule has 1 rings (SSSR count). The molecule has 0 spiro atoms. The molecule has 1 saturated carbocycles. The molecule has 0 aromatic carbocycles. The van der Waals surface area contributed by atoms with Gasteiger partial charge < -0.3 is 15.4 Å². The van der Waals surface area contributed by atoms with Crippen LogP contribution in [-0.2, 0) is 9.53 Å². The van der Waals surface area contributed by atoms with Crippen molar-refractivity contribution in [3.05, 3.63) is 0 Å². The number of methoxy groups -OCH3 is 1. The van der Waals surface area contributed by atoms with E-state index in [2.05, 4.69) is 15.4 Å². The van der Waals surface area contributed by atoms with Crippen LogP contribution in [0.4, 0.5) is 4.79 Å². The third-order valence-corrected chi connectivity index (χ3v) is 3.35. The number of carbonyl (C=O) groups is 2. The summed E-state index contributed by atoms with van der Waals surface area (Å²) in [6.07, 6.45) is 5.62. The lowest BCUT2D eigenvalue weighted by Crippen LogP contribution is -2.51. The molecular weight excluding hydrogens is 232 g/mol. The Bertz CT molecular complexity index is 286. The molecule has 0 aromatic rings. The average molecular weight is 256 g/mol. The Balaban J connectivity index is 2.42. The Hall–Kier alpha value is -1.26. The maximum atomic E-state index is 11.8. The highest BCUT2D eigenvalue weighted by atomic mass is 16.5. The van der Waals surface area contributed by atoms with Crippen LogP contribution in [-0.4, -0.2) is 31.2 Å². The number of amides is 2. The van der Waals surface area contributed by atoms with E-state index in [4.69, 9.17) is 0 Å². The Morgan fingerprint density at radius 2 is 1.78 bits per heavy atom. The zero-order valence-corrected chi connectivity index (χ0v) is 11.5. The van der Waals surface area contributed by atoms with E-state index in [1.165, 1.54) is 13.5 Å². The van der Waals surface area contributed by atoms with E-state index < -0.39 is 12.0 Å². The minimum Gasteiger partial charge on any atom is -0.467 e. The molecule has 0 heterocycles. The number of ether oxygens (including phenoxy) is 1. The Labute approximate surface area is 109 Å². The molecule has 5 nitrogen and oxygen atoms in total. The van der Waals surface area contributed by atoms with Gasteiger partial charge in [0.2, 0.25) is 0 Å². The average Bonchev–Trinajstić information content (AvgIpc) is 2.36. The summed E-state index contributed by atoms with van der Waals surface area (Å²) in [6.45, 7) is 3.75. The summed E-state index contributed by atoms with van der Waals surface area (Å²) in [5.74, 6) is -0.390. The van der Waals surface area contributed by atoms with E-state index >= 15 is 0 Å². The highest BCUT2D eigenvalue weighted by molar-refractivity contribution is 5.83. The number of hydrogen-bond acceptors (Lipinski definition) is 3.